The lowest BCUT2D eigenvalue weighted by Gasteiger charge is -2.33. The molecule has 0 aliphatic carbocycles. The average molecular weight is 480 g/mol. The van der Waals surface area contributed by atoms with E-state index in [1.54, 1.807) is 6.92 Å². The number of nitrogens with zero attached hydrogens (tertiary/aromatic N) is 1. The van der Waals surface area contributed by atoms with Gasteiger partial charge in [0.05, 0.1) is 5.69 Å². The third kappa shape index (κ3) is 5.46. The van der Waals surface area contributed by atoms with Gasteiger partial charge in [-0.2, -0.15) is 0 Å². The number of nitrogens with one attached hydrogen (secondary N) is 1. The molecule has 180 valence electrons. The summed E-state index contributed by atoms with van der Waals surface area (Å²) in [5.74, 6) is -3.02. The average Bonchev–Trinajstić information content (AvgIpc) is 2.87. The minimum atomic E-state index is -1.09. The fraction of sp³-hybridized carbons (Fsp3) is 0.192. The standard InChI is InChI=1S/C26H22F2N2O5/c1-16(26(33)29-13-17-5-3-2-4-6-17)30-22-11-18(7-10-24(22)35-15-25(30)32)23(31)14-34-19-8-9-20(27)21(28)12-19/h2-12,16H,13-15H2,1H3,(H,29,33). The van der Waals surface area contributed by atoms with Crippen LogP contribution in [0.2, 0.25) is 0 Å². The van der Waals surface area contributed by atoms with Crippen molar-refractivity contribution < 1.29 is 32.6 Å². The van der Waals surface area contributed by atoms with Crippen molar-refractivity contribution in [1.82, 2.24) is 5.32 Å². The number of Topliss-reactive ketones (excluding diaryl/α,β-unsaturated/α-hetero) is 1. The molecule has 3 aromatic rings. The Kier molecular flexibility index (Phi) is 7.05. The fourth-order valence-electron chi connectivity index (χ4n) is 3.62. The van der Waals surface area contributed by atoms with Crippen LogP contribution >= 0.6 is 0 Å². The third-order valence-corrected chi connectivity index (χ3v) is 5.50. The number of hydrogen-bond donors (Lipinski definition) is 1. The van der Waals surface area contributed by atoms with E-state index in [0.717, 1.165) is 17.7 Å². The van der Waals surface area contributed by atoms with Crippen LogP contribution in [-0.2, 0) is 16.1 Å². The summed E-state index contributed by atoms with van der Waals surface area (Å²) in [5.41, 5.74) is 1.39. The van der Waals surface area contributed by atoms with Crippen LogP contribution in [0.3, 0.4) is 0 Å². The molecule has 35 heavy (non-hydrogen) atoms. The van der Waals surface area contributed by atoms with Gasteiger partial charge in [-0.25, -0.2) is 8.78 Å². The second-order valence-electron chi connectivity index (χ2n) is 7.90. The molecular formula is C26H22F2N2O5. The molecule has 4 rings (SSSR count). The summed E-state index contributed by atoms with van der Waals surface area (Å²) in [6, 6.07) is 15.9. The number of ether oxygens (including phenoxy) is 2. The Bertz CT molecular complexity index is 1270. The van der Waals surface area contributed by atoms with E-state index in [1.165, 1.54) is 29.2 Å². The van der Waals surface area contributed by atoms with Crippen molar-refractivity contribution >= 4 is 23.3 Å². The number of fused-ring (bicyclic) bond motifs is 1. The highest BCUT2D eigenvalue weighted by molar-refractivity contribution is 6.05. The van der Waals surface area contributed by atoms with Gasteiger partial charge in [0.15, 0.2) is 30.6 Å². The Morgan fingerprint density at radius 1 is 1.06 bits per heavy atom. The second kappa shape index (κ2) is 10.3. The highest BCUT2D eigenvalue weighted by atomic mass is 19.2. The van der Waals surface area contributed by atoms with Crippen molar-refractivity contribution in [3.63, 3.8) is 0 Å². The van der Waals surface area contributed by atoms with Crippen LogP contribution < -0.4 is 19.7 Å². The molecule has 0 saturated heterocycles. The third-order valence-electron chi connectivity index (χ3n) is 5.50. The second-order valence-corrected chi connectivity index (χ2v) is 7.90. The molecule has 7 nitrogen and oxygen atoms in total. The summed E-state index contributed by atoms with van der Waals surface area (Å²) >= 11 is 0. The van der Waals surface area contributed by atoms with E-state index in [4.69, 9.17) is 9.47 Å². The predicted molar refractivity (Wildman–Crippen MR) is 123 cm³/mol. The van der Waals surface area contributed by atoms with Gasteiger partial charge in [0, 0.05) is 18.2 Å². The first-order valence-electron chi connectivity index (χ1n) is 10.8. The van der Waals surface area contributed by atoms with Crippen molar-refractivity contribution in [1.29, 1.82) is 0 Å². The van der Waals surface area contributed by atoms with Gasteiger partial charge >= 0.3 is 0 Å². The summed E-state index contributed by atoms with van der Waals surface area (Å²) in [4.78, 5) is 39.5. The first kappa shape index (κ1) is 23.9. The quantitative estimate of drug-likeness (QED) is 0.498. The van der Waals surface area contributed by atoms with Gasteiger partial charge in [0.2, 0.25) is 5.91 Å². The Balaban J connectivity index is 1.48. The van der Waals surface area contributed by atoms with Crippen molar-refractivity contribution in [2.45, 2.75) is 19.5 Å². The van der Waals surface area contributed by atoms with E-state index in [-0.39, 0.29) is 29.5 Å². The monoisotopic (exact) mass is 480 g/mol. The number of benzene rings is 3. The lowest BCUT2D eigenvalue weighted by atomic mass is 10.1. The number of carbonyl (C=O) groups excluding carboxylic acids is 3. The Morgan fingerprint density at radius 3 is 2.57 bits per heavy atom. The number of ketones is 1. The summed E-state index contributed by atoms with van der Waals surface area (Å²) in [6.45, 7) is 1.21. The van der Waals surface area contributed by atoms with Crippen molar-refractivity contribution in [3.05, 3.63) is 89.5 Å². The number of rotatable bonds is 8. The van der Waals surface area contributed by atoms with Gasteiger partial charge in [-0.15, -0.1) is 0 Å². The van der Waals surface area contributed by atoms with E-state index >= 15 is 0 Å². The lowest BCUT2D eigenvalue weighted by molar-refractivity contribution is -0.127. The van der Waals surface area contributed by atoms with Gasteiger partial charge < -0.3 is 14.8 Å². The van der Waals surface area contributed by atoms with Crippen LogP contribution in [0.4, 0.5) is 14.5 Å². The topological polar surface area (TPSA) is 84.9 Å². The van der Waals surface area contributed by atoms with Gasteiger partial charge in [-0.05, 0) is 42.8 Å². The zero-order valence-corrected chi connectivity index (χ0v) is 18.8. The van der Waals surface area contributed by atoms with E-state index in [2.05, 4.69) is 5.32 Å². The molecule has 1 aliphatic heterocycles. The Morgan fingerprint density at radius 2 is 1.83 bits per heavy atom. The summed E-state index contributed by atoms with van der Waals surface area (Å²) in [5, 5.41) is 2.81. The van der Waals surface area contributed by atoms with Crippen molar-refractivity contribution in [3.8, 4) is 11.5 Å². The zero-order chi connectivity index (χ0) is 24.9. The molecule has 1 atom stereocenters. The molecule has 1 N–H and O–H groups in total. The predicted octanol–water partition coefficient (Wildman–Crippen LogP) is 3.66. The molecule has 1 aliphatic rings. The molecule has 0 bridgehead atoms. The van der Waals surface area contributed by atoms with Crippen LogP contribution in [0.25, 0.3) is 0 Å². The zero-order valence-electron chi connectivity index (χ0n) is 18.8. The lowest BCUT2D eigenvalue weighted by Crippen LogP contribution is -2.51. The molecule has 2 amide bonds. The van der Waals surface area contributed by atoms with Crippen molar-refractivity contribution in [2.24, 2.45) is 0 Å². The summed E-state index contributed by atoms with van der Waals surface area (Å²) in [7, 11) is 0. The van der Waals surface area contributed by atoms with Crippen LogP contribution in [0.15, 0.2) is 66.7 Å². The molecule has 9 heteroatoms. The maximum Gasteiger partial charge on any atom is 0.265 e. The maximum atomic E-state index is 13.4. The van der Waals surface area contributed by atoms with E-state index in [9.17, 15) is 23.2 Å². The highest BCUT2D eigenvalue weighted by Crippen LogP contribution is 2.34. The van der Waals surface area contributed by atoms with Gasteiger partial charge in [0.1, 0.15) is 17.5 Å². The molecule has 3 aromatic carbocycles. The molecule has 0 spiro atoms. The number of anilines is 1. The van der Waals surface area contributed by atoms with Crippen LogP contribution in [0.5, 0.6) is 11.5 Å². The van der Waals surface area contributed by atoms with Gasteiger partial charge in [0.25, 0.3) is 5.91 Å². The van der Waals surface area contributed by atoms with E-state index < -0.39 is 36.0 Å². The van der Waals surface area contributed by atoms with E-state index in [0.29, 0.717) is 12.3 Å². The van der Waals surface area contributed by atoms with Crippen LogP contribution in [-0.4, -0.2) is 36.9 Å². The SMILES string of the molecule is CC(C(=O)NCc1ccccc1)N1C(=O)COc2ccc(C(=O)COc3ccc(F)c(F)c3)cc21. The fourth-order valence-corrected chi connectivity index (χ4v) is 3.62. The number of hydrogen-bond acceptors (Lipinski definition) is 5. The summed E-state index contributed by atoms with van der Waals surface area (Å²) < 4.78 is 37.2. The Hall–Kier alpha value is -4.27. The highest BCUT2D eigenvalue weighted by Gasteiger charge is 2.33. The maximum absolute atomic E-state index is 13.4. The van der Waals surface area contributed by atoms with Crippen molar-refractivity contribution in [2.75, 3.05) is 18.1 Å². The summed E-state index contributed by atoms with van der Waals surface area (Å²) in [6.07, 6.45) is 0. The van der Waals surface area contributed by atoms with Gasteiger partial charge in [-0.1, -0.05) is 30.3 Å². The largest absolute Gasteiger partial charge is 0.485 e. The van der Waals surface area contributed by atoms with Crippen LogP contribution in [0, 0.1) is 11.6 Å². The van der Waals surface area contributed by atoms with Gasteiger partial charge in [-0.3, -0.25) is 19.3 Å². The Labute approximate surface area is 200 Å². The minimum absolute atomic E-state index is 0.000873. The molecule has 1 unspecified atom stereocenters. The molecule has 1 heterocycles. The van der Waals surface area contributed by atoms with E-state index in [1.807, 2.05) is 30.3 Å². The normalized spacial score (nSPS) is 13.5. The number of halogens is 2. The first-order chi connectivity index (χ1) is 16.8. The minimum Gasteiger partial charge on any atom is -0.485 e. The smallest absolute Gasteiger partial charge is 0.265 e. The number of amides is 2. The number of carbonyl (C=O) groups is 3. The molecule has 0 radical (unpaired) electrons. The molecule has 0 fully saturated rings. The van der Waals surface area contributed by atoms with Crippen LogP contribution in [0.1, 0.15) is 22.8 Å². The molecule has 0 saturated carbocycles. The molecular weight excluding hydrogens is 458 g/mol. The molecule has 0 aromatic heterocycles. The first-order valence-corrected chi connectivity index (χ1v) is 10.8.